The van der Waals surface area contributed by atoms with Gasteiger partial charge in [0.2, 0.25) is 0 Å². The molecule has 84 valence electrons. The largest absolute Gasteiger partial charge is 0.488 e. The van der Waals surface area contributed by atoms with Crippen molar-refractivity contribution in [2.45, 2.75) is 13.5 Å². The van der Waals surface area contributed by atoms with Crippen molar-refractivity contribution >= 4 is 17.0 Å². The fourth-order valence-electron chi connectivity index (χ4n) is 1.42. The third kappa shape index (κ3) is 3.00. The zero-order valence-electron chi connectivity index (χ0n) is 9.27. The van der Waals surface area contributed by atoms with Gasteiger partial charge < -0.3 is 10.1 Å². The predicted octanol–water partition coefficient (Wildman–Crippen LogP) is 3.76. The molecule has 0 atom stereocenters. The van der Waals surface area contributed by atoms with Crippen molar-refractivity contribution < 1.29 is 4.74 Å². The first-order valence-corrected chi connectivity index (χ1v) is 6.25. The van der Waals surface area contributed by atoms with Crippen LogP contribution in [0.1, 0.15) is 11.8 Å². The van der Waals surface area contributed by atoms with E-state index in [1.807, 2.05) is 30.3 Å². The molecule has 2 rings (SSSR count). The van der Waals surface area contributed by atoms with Gasteiger partial charge in [0.05, 0.1) is 0 Å². The first-order chi connectivity index (χ1) is 7.88. The number of ether oxygens (including phenoxy) is 1. The average Bonchev–Trinajstić information content (AvgIpc) is 2.82. The minimum absolute atomic E-state index is 0.651. The van der Waals surface area contributed by atoms with Crippen molar-refractivity contribution in [1.82, 2.24) is 0 Å². The van der Waals surface area contributed by atoms with Crippen molar-refractivity contribution in [1.29, 1.82) is 0 Å². The third-order valence-corrected chi connectivity index (χ3v) is 3.05. The number of rotatable bonds is 5. The van der Waals surface area contributed by atoms with E-state index in [0.717, 1.165) is 18.0 Å². The predicted molar refractivity (Wildman–Crippen MR) is 69.3 cm³/mol. The lowest BCUT2D eigenvalue weighted by Crippen LogP contribution is -1.96. The van der Waals surface area contributed by atoms with E-state index in [9.17, 15) is 0 Å². The first kappa shape index (κ1) is 11.0. The van der Waals surface area contributed by atoms with Crippen LogP contribution < -0.4 is 10.1 Å². The number of nitrogens with one attached hydrogen (secondary N) is 1. The number of anilines is 1. The minimum atomic E-state index is 0.651. The second-order valence-electron chi connectivity index (χ2n) is 3.42. The summed E-state index contributed by atoms with van der Waals surface area (Å²) in [6.07, 6.45) is 0. The third-order valence-electron chi connectivity index (χ3n) is 2.20. The Balaban J connectivity index is 1.90. The van der Waals surface area contributed by atoms with Crippen molar-refractivity contribution in [2.24, 2.45) is 0 Å². The fourth-order valence-corrected chi connectivity index (χ4v) is 2.04. The summed E-state index contributed by atoms with van der Waals surface area (Å²) in [5.74, 6) is 0.912. The molecule has 1 aromatic heterocycles. The van der Waals surface area contributed by atoms with Crippen LogP contribution in [0.4, 0.5) is 5.69 Å². The zero-order chi connectivity index (χ0) is 11.2. The fraction of sp³-hybridized carbons (Fsp3) is 0.231. The van der Waals surface area contributed by atoms with E-state index in [1.54, 1.807) is 11.3 Å². The van der Waals surface area contributed by atoms with Gasteiger partial charge in [-0.3, -0.25) is 0 Å². The molecule has 2 nitrogen and oxygen atoms in total. The van der Waals surface area contributed by atoms with Crippen LogP contribution in [-0.4, -0.2) is 6.54 Å². The van der Waals surface area contributed by atoms with Gasteiger partial charge in [-0.15, -0.1) is 11.3 Å². The molecular weight excluding hydrogens is 218 g/mol. The smallest absolute Gasteiger partial charge is 0.122 e. The lowest BCUT2D eigenvalue weighted by Gasteiger charge is -2.06. The van der Waals surface area contributed by atoms with Gasteiger partial charge in [-0.05, 0) is 42.6 Å². The zero-order valence-corrected chi connectivity index (χ0v) is 10.1. The van der Waals surface area contributed by atoms with E-state index in [1.165, 1.54) is 4.88 Å². The topological polar surface area (TPSA) is 21.3 Å². The van der Waals surface area contributed by atoms with Crippen molar-refractivity contribution in [3.05, 3.63) is 46.7 Å². The highest BCUT2D eigenvalue weighted by Gasteiger charge is 1.96. The molecular formula is C13H15NOS. The summed E-state index contributed by atoms with van der Waals surface area (Å²) in [7, 11) is 0. The Morgan fingerprint density at radius 1 is 1.19 bits per heavy atom. The molecule has 1 heterocycles. The van der Waals surface area contributed by atoms with Crippen LogP contribution in [-0.2, 0) is 6.61 Å². The molecule has 0 fully saturated rings. The molecule has 0 unspecified atom stereocenters. The average molecular weight is 233 g/mol. The molecule has 0 saturated heterocycles. The normalized spacial score (nSPS) is 10.1. The van der Waals surface area contributed by atoms with Gasteiger partial charge in [0.25, 0.3) is 0 Å². The van der Waals surface area contributed by atoms with Crippen LogP contribution >= 0.6 is 11.3 Å². The Hall–Kier alpha value is -1.48. The summed E-state index contributed by atoms with van der Waals surface area (Å²) in [6.45, 7) is 3.68. The van der Waals surface area contributed by atoms with Gasteiger partial charge in [-0.25, -0.2) is 0 Å². The highest BCUT2D eigenvalue weighted by atomic mass is 32.1. The maximum Gasteiger partial charge on any atom is 0.122 e. The van der Waals surface area contributed by atoms with E-state index in [0.29, 0.717) is 6.61 Å². The summed E-state index contributed by atoms with van der Waals surface area (Å²) in [5, 5.41) is 5.31. The van der Waals surface area contributed by atoms with Crippen LogP contribution in [0.5, 0.6) is 5.75 Å². The quantitative estimate of drug-likeness (QED) is 0.849. The molecule has 0 radical (unpaired) electrons. The Morgan fingerprint density at radius 3 is 2.62 bits per heavy atom. The number of thiophene rings is 1. The second-order valence-corrected chi connectivity index (χ2v) is 4.45. The summed E-state index contributed by atoms with van der Waals surface area (Å²) in [5.41, 5.74) is 1.13. The highest BCUT2D eigenvalue weighted by Crippen LogP contribution is 2.18. The molecule has 1 aromatic carbocycles. The monoisotopic (exact) mass is 233 g/mol. The maximum absolute atomic E-state index is 5.67. The van der Waals surface area contributed by atoms with Crippen LogP contribution in [0.3, 0.4) is 0 Å². The first-order valence-electron chi connectivity index (χ1n) is 5.37. The molecule has 1 N–H and O–H groups in total. The number of benzene rings is 1. The lowest BCUT2D eigenvalue weighted by atomic mass is 10.3. The van der Waals surface area contributed by atoms with E-state index >= 15 is 0 Å². The van der Waals surface area contributed by atoms with Gasteiger partial charge in [-0.2, -0.15) is 0 Å². The molecule has 0 aliphatic rings. The molecule has 16 heavy (non-hydrogen) atoms. The Labute approximate surface area is 99.9 Å². The van der Waals surface area contributed by atoms with E-state index in [2.05, 4.69) is 23.7 Å². The summed E-state index contributed by atoms with van der Waals surface area (Å²) in [6, 6.07) is 12.2. The summed E-state index contributed by atoms with van der Waals surface area (Å²) < 4.78 is 5.67. The Morgan fingerprint density at radius 2 is 2.00 bits per heavy atom. The van der Waals surface area contributed by atoms with E-state index < -0.39 is 0 Å². The summed E-state index contributed by atoms with van der Waals surface area (Å²) in [4.78, 5) is 1.25. The molecule has 0 saturated carbocycles. The Bertz CT molecular complexity index is 408. The van der Waals surface area contributed by atoms with Gasteiger partial charge in [0.1, 0.15) is 12.4 Å². The molecule has 0 aliphatic heterocycles. The number of hydrogen-bond donors (Lipinski definition) is 1. The second kappa shape index (κ2) is 5.56. The minimum Gasteiger partial charge on any atom is -0.488 e. The molecule has 0 bridgehead atoms. The molecule has 3 heteroatoms. The van der Waals surface area contributed by atoms with Crippen LogP contribution in [0.25, 0.3) is 0 Å². The maximum atomic E-state index is 5.67. The van der Waals surface area contributed by atoms with Gasteiger partial charge in [0, 0.05) is 17.1 Å². The van der Waals surface area contributed by atoms with Gasteiger partial charge >= 0.3 is 0 Å². The van der Waals surface area contributed by atoms with Gasteiger partial charge in [-0.1, -0.05) is 6.07 Å². The van der Waals surface area contributed by atoms with Crippen molar-refractivity contribution in [3.63, 3.8) is 0 Å². The molecule has 0 amide bonds. The van der Waals surface area contributed by atoms with E-state index in [-0.39, 0.29) is 0 Å². The number of hydrogen-bond acceptors (Lipinski definition) is 3. The van der Waals surface area contributed by atoms with Crippen molar-refractivity contribution in [2.75, 3.05) is 11.9 Å². The van der Waals surface area contributed by atoms with Crippen LogP contribution in [0.2, 0.25) is 0 Å². The highest BCUT2D eigenvalue weighted by molar-refractivity contribution is 7.09. The van der Waals surface area contributed by atoms with E-state index in [4.69, 9.17) is 4.74 Å². The SMILES string of the molecule is CCNc1ccc(OCc2cccs2)cc1. The lowest BCUT2D eigenvalue weighted by molar-refractivity contribution is 0.310. The van der Waals surface area contributed by atoms with Crippen LogP contribution in [0.15, 0.2) is 41.8 Å². The molecule has 0 spiro atoms. The van der Waals surface area contributed by atoms with Crippen molar-refractivity contribution in [3.8, 4) is 5.75 Å². The van der Waals surface area contributed by atoms with Gasteiger partial charge in [0.15, 0.2) is 0 Å². The summed E-state index contributed by atoms with van der Waals surface area (Å²) >= 11 is 1.72. The standard InChI is InChI=1S/C13H15NOS/c1-2-14-11-5-7-12(8-6-11)15-10-13-4-3-9-16-13/h3-9,14H,2,10H2,1H3. The molecule has 0 aliphatic carbocycles. The Kier molecular flexibility index (Phi) is 3.83. The van der Waals surface area contributed by atoms with Crippen LogP contribution in [0, 0.1) is 0 Å². The molecule has 2 aromatic rings.